The Labute approximate surface area is 131 Å². The van der Waals surface area contributed by atoms with Crippen molar-refractivity contribution in [1.29, 1.82) is 0 Å². The van der Waals surface area contributed by atoms with Gasteiger partial charge in [0.1, 0.15) is 16.7 Å². The fourth-order valence-corrected chi connectivity index (χ4v) is 2.54. The van der Waals surface area contributed by atoms with Crippen LogP contribution in [0.4, 0.5) is 0 Å². The van der Waals surface area contributed by atoms with E-state index in [2.05, 4.69) is 15.4 Å². The van der Waals surface area contributed by atoms with Gasteiger partial charge in [-0.2, -0.15) is 5.10 Å². The summed E-state index contributed by atoms with van der Waals surface area (Å²) in [5.41, 5.74) is 1.02. The lowest BCUT2D eigenvalue weighted by molar-refractivity contribution is -0.139. The molecule has 8 heteroatoms. The van der Waals surface area contributed by atoms with E-state index >= 15 is 0 Å². The van der Waals surface area contributed by atoms with Gasteiger partial charge in [-0.3, -0.25) is 9.48 Å². The van der Waals surface area contributed by atoms with E-state index in [0.717, 1.165) is 5.56 Å². The molecule has 116 valence electrons. The number of carbonyl (C=O) groups is 2. The van der Waals surface area contributed by atoms with Gasteiger partial charge in [-0.05, 0) is 13.3 Å². The zero-order chi connectivity index (χ0) is 16.1. The van der Waals surface area contributed by atoms with E-state index in [1.807, 2.05) is 0 Å². The summed E-state index contributed by atoms with van der Waals surface area (Å²) in [4.78, 5) is 27.5. The number of carboxylic acids is 1. The van der Waals surface area contributed by atoms with Crippen LogP contribution in [0.25, 0.3) is 10.6 Å². The number of hydrogen-bond donors (Lipinski definition) is 2. The van der Waals surface area contributed by atoms with Crippen molar-refractivity contribution < 1.29 is 14.7 Å². The van der Waals surface area contributed by atoms with Crippen molar-refractivity contribution in [2.45, 2.75) is 19.4 Å². The third-order valence-corrected chi connectivity index (χ3v) is 3.79. The summed E-state index contributed by atoms with van der Waals surface area (Å²) >= 11 is 1.31. The maximum Gasteiger partial charge on any atom is 0.326 e. The summed E-state index contributed by atoms with van der Waals surface area (Å²) < 4.78 is 1.65. The average Bonchev–Trinajstić information content (AvgIpc) is 3.11. The molecule has 0 aliphatic rings. The molecule has 7 nitrogen and oxygen atoms in total. The Morgan fingerprint density at radius 2 is 2.32 bits per heavy atom. The van der Waals surface area contributed by atoms with Gasteiger partial charge >= 0.3 is 5.97 Å². The van der Waals surface area contributed by atoms with Gasteiger partial charge in [-0.1, -0.05) is 12.2 Å². The van der Waals surface area contributed by atoms with Gasteiger partial charge in [-0.15, -0.1) is 11.3 Å². The van der Waals surface area contributed by atoms with Crippen molar-refractivity contribution in [3.05, 3.63) is 35.6 Å². The predicted octanol–water partition coefficient (Wildman–Crippen LogP) is 1.69. The molecule has 1 unspecified atom stereocenters. The Bertz CT molecular complexity index is 705. The van der Waals surface area contributed by atoms with Gasteiger partial charge in [-0.25, -0.2) is 9.78 Å². The molecule has 0 aliphatic carbocycles. The van der Waals surface area contributed by atoms with Crippen molar-refractivity contribution in [3.63, 3.8) is 0 Å². The van der Waals surface area contributed by atoms with Gasteiger partial charge in [0.2, 0.25) is 0 Å². The first-order valence-electron chi connectivity index (χ1n) is 6.60. The smallest absolute Gasteiger partial charge is 0.326 e. The third-order valence-electron chi connectivity index (χ3n) is 2.90. The number of rotatable bonds is 6. The average molecular weight is 320 g/mol. The number of amides is 1. The number of carboxylic acid groups (broad SMARTS) is 1. The fraction of sp³-hybridized carbons (Fsp3) is 0.286. The molecule has 2 N–H and O–H groups in total. The van der Waals surface area contributed by atoms with E-state index < -0.39 is 17.9 Å². The van der Waals surface area contributed by atoms with E-state index in [0.29, 0.717) is 5.01 Å². The molecule has 2 heterocycles. The van der Waals surface area contributed by atoms with Crippen molar-refractivity contribution >= 4 is 23.2 Å². The van der Waals surface area contributed by atoms with Crippen LogP contribution < -0.4 is 5.32 Å². The highest BCUT2D eigenvalue weighted by Gasteiger charge is 2.21. The van der Waals surface area contributed by atoms with Gasteiger partial charge in [0, 0.05) is 24.2 Å². The van der Waals surface area contributed by atoms with E-state index in [-0.39, 0.29) is 12.1 Å². The van der Waals surface area contributed by atoms with Crippen LogP contribution in [0.2, 0.25) is 0 Å². The number of aromatic nitrogens is 3. The molecule has 0 radical (unpaired) electrons. The topological polar surface area (TPSA) is 97.1 Å². The summed E-state index contributed by atoms with van der Waals surface area (Å²) in [6, 6.07) is -0.966. The van der Waals surface area contributed by atoms with E-state index in [4.69, 9.17) is 5.11 Å². The molecule has 2 aromatic heterocycles. The molecule has 0 aliphatic heterocycles. The van der Waals surface area contributed by atoms with Crippen molar-refractivity contribution in [2.75, 3.05) is 0 Å². The van der Waals surface area contributed by atoms with Gasteiger partial charge in [0.25, 0.3) is 5.91 Å². The molecule has 1 atom stereocenters. The molecule has 0 aromatic carbocycles. The van der Waals surface area contributed by atoms with Crippen molar-refractivity contribution in [3.8, 4) is 10.6 Å². The summed E-state index contributed by atoms with van der Waals surface area (Å²) in [7, 11) is 1.80. The summed E-state index contributed by atoms with van der Waals surface area (Å²) in [5.74, 6) is -1.57. The largest absolute Gasteiger partial charge is 0.480 e. The molecule has 1 amide bonds. The minimum absolute atomic E-state index is 0.204. The molecule has 0 saturated heterocycles. The number of thiazole rings is 1. The SMILES string of the molecule is C/C=C/CC(NC(=O)c1csc(-c2cnn(C)c2)n1)C(=O)O. The second-order valence-corrected chi connectivity index (χ2v) is 5.47. The molecule has 0 bridgehead atoms. The third kappa shape index (κ3) is 3.79. The second kappa shape index (κ2) is 6.99. The standard InChI is InChI=1S/C14H16N4O3S/c1-3-4-5-10(14(20)21)16-12(19)11-8-22-13(17-11)9-6-15-18(2)7-9/h3-4,6-8,10H,5H2,1-2H3,(H,16,19)(H,20,21)/b4-3+. The summed E-state index contributed by atoms with van der Waals surface area (Å²) in [6.45, 7) is 1.79. The number of allylic oxidation sites excluding steroid dienone is 1. The number of nitrogens with zero attached hydrogens (tertiary/aromatic N) is 3. The summed E-state index contributed by atoms with van der Waals surface area (Å²) in [5, 5.41) is 17.9. The molecular formula is C14H16N4O3S. The van der Waals surface area contributed by atoms with Crippen molar-refractivity contribution in [2.24, 2.45) is 7.05 Å². The normalized spacial score (nSPS) is 12.5. The van der Waals surface area contributed by atoms with Crippen LogP contribution in [-0.4, -0.2) is 37.8 Å². The molecule has 2 rings (SSSR count). The monoisotopic (exact) mass is 320 g/mol. The van der Waals surface area contributed by atoms with E-state index in [1.165, 1.54) is 11.3 Å². The van der Waals surface area contributed by atoms with Gasteiger partial charge < -0.3 is 10.4 Å². The Morgan fingerprint density at radius 1 is 1.55 bits per heavy atom. The maximum atomic E-state index is 12.1. The number of hydrogen-bond acceptors (Lipinski definition) is 5. The molecule has 2 aromatic rings. The molecular weight excluding hydrogens is 304 g/mol. The zero-order valence-electron chi connectivity index (χ0n) is 12.2. The first-order chi connectivity index (χ1) is 10.5. The second-order valence-electron chi connectivity index (χ2n) is 4.61. The molecule has 0 spiro atoms. The van der Waals surface area contributed by atoms with Crippen molar-refractivity contribution in [1.82, 2.24) is 20.1 Å². The minimum Gasteiger partial charge on any atom is -0.480 e. The first-order valence-corrected chi connectivity index (χ1v) is 7.48. The Hall–Kier alpha value is -2.48. The lowest BCUT2D eigenvalue weighted by Crippen LogP contribution is -2.40. The first kappa shape index (κ1) is 15.9. The quantitative estimate of drug-likeness (QED) is 0.790. The number of aliphatic carboxylic acids is 1. The predicted molar refractivity (Wildman–Crippen MR) is 82.6 cm³/mol. The molecule has 22 heavy (non-hydrogen) atoms. The van der Waals surface area contributed by atoms with Crippen LogP contribution in [0, 0.1) is 0 Å². The lowest BCUT2D eigenvalue weighted by atomic mass is 10.2. The molecule has 0 saturated carbocycles. The van der Waals surface area contributed by atoms with Crippen LogP contribution in [0.15, 0.2) is 29.9 Å². The van der Waals surface area contributed by atoms with Crippen LogP contribution in [0.1, 0.15) is 23.8 Å². The minimum atomic E-state index is -1.07. The Morgan fingerprint density at radius 3 is 2.91 bits per heavy atom. The highest BCUT2D eigenvalue weighted by molar-refractivity contribution is 7.13. The number of nitrogens with one attached hydrogen (secondary N) is 1. The van der Waals surface area contributed by atoms with E-state index in [1.54, 1.807) is 48.6 Å². The van der Waals surface area contributed by atoms with E-state index in [9.17, 15) is 9.59 Å². The van der Waals surface area contributed by atoms with Gasteiger partial charge in [0.15, 0.2) is 0 Å². The molecule has 0 fully saturated rings. The zero-order valence-corrected chi connectivity index (χ0v) is 13.0. The van der Waals surface area contributed by atoms with Crippen LogP contribution in [0.3, 0.4) is 0 Å². The fourth-order valence-electron chi connectivity index (χ4n) is 1.77. The van der Waals surface area contributed by atoms with Crippen LogP contribution >= 0.6 is 11.3 Å². The Balaban J connectivity index is 2.09. The number of aryl methyl sites for hydroxylation is 1. The van der Waals surface area contributed by atoms with Gasteiger partial charge in [0.05, 0.1) is 6.20 Å². The van der Waals surface area contributed by atoms with Crippen LogP contribution in [0.5, 0.6) is 0 Å². The number of carbonyl (C=O) groups excluding carboxylic acids is 1. The maximum absolute atomic E-state index is 12.1. The van der Waals surface area contributed by atoms with Crippen LogP contribution in [-0.2, 0) is 11.8 Å². The highest BCUT2D eigenvalue weighted by atomic mass is 32.1. The summed E-state index contributed by atoms with van der Waals surface area (Å²) in [6.07, 6.45) is 7.13. The lowest BCUT2D eigenvalue weighted by Gasteiger charge is -2.11. The highest BCUT2D eigenvalue weighted by Crippen LogP contribution is 2.22. The Kier molecular flexibility index (Phi) is 5.05.